The van der Waals surface area contributed by atoms with Gasteiger partial charge < -0.3 is 15.0 Å². The first-order valence-electron chi connectivity index (χ1n) is 8.06. The summed E-state index contributed by atoms with van der Waals surface area (Å²) in [5, 5.41) is 3.08. The van der Waals surface area contributed by atoms with Crippen LogP contribution in [0.3, 0.4) is 0 Å². The van der Waals surface area contributed by atoms with E-state index in [0.717, 1.165) is 24.7 Å². The Balaban J connectivity index is 1.79. The molecule has 134 valence electrons. The molecule has 0 atom stereocenters. The highest BCUT2D eigenvalue weighted by molar-refractivity contribution is 5.79. The zero-order valence-corrected chi connectivity index (χ0v) is 14.1. The van der Waals surface area contributed by atoms with Gasteiger partial charge in [0.2, 0.25) is 0 Å². The number of nitrogens with zero attached hydrogens (tertiary/aromatic N) is 2. The van der Waals surface area contributed by atoms with Crippen molar-refractivity contribution in [1.29, 1.82) is 0 Å². The maximum Gasteiger partial charge on any atom is 0.416 e. The summed E-state index contributed by atoms with van der Waals surface area (Å²) in [5.74, 6) is 1.36. The Labute approximate surface area is 140 Å². The monoisotopic (exact) mass is 343 g/mol. The Morgan fingerprint density at radius 1 is 1.38 bits per heavy atom. The summed E-state index contributed by atoms with van der Waals surface area (Å²) in [7, 11) is 3.53. The second-order valence-corrected chi connectivity index (χ2v) is 6.04. The molecule has 24 heavy (non-hydrogen) atoms. The van der Waals surface area contributed by atoms with Gasteiger partial charge in [0, 0.05) is 33.8 Å². The summed E-state index contributed by atoms with van der Waals surface area (Å²) in [4.78, 5) is 6.06. The number of rotatable bonds is 7. The van der Waals surface area contributed by atoms with E-state index in [-0.39, 0.29) is 6.54 Å². The van der Waals surface area contributed by atoms with Crippen molar-refractivity contribution in [2.24, 2.45) is 10.9 Å². The Morgan fingerprint density at radius 3 is 2.75 bits per heavy atom. The lowest BCUT2D eigenvalue weighted by molar-refractivity contribution is -0.137. The highest BCUT2D eigenvalue weighted by Gasteiger charge is 2.30. The van der Waals surface area contributed by atoms with Crippen LogP contribution in [0.15, 0.2) is 29.3 Å². The molecule has 4 nitrogen and oxygen atoms in total. The molecule has 1 fully saturated rings. The van der Waals surface area contributed by atoms with E-state index < -0.39 is 11.7 Å². The molecule has 0 radical (unpaired) electrons. The Hall–Kier alpha value is -1.76. The van der Waals surface area contributed by atoms with Gasteiger partial charge in [-0.05, 0) is 36.5 Å². The van der Waals surface area contributed by atoms with Gasteiger partial charge in [0.15, 0.2) is 5.96 Å². The average molecular weight is 343 g/mol. The van der Waals surface area contributed by atoms with E-state index >= 15 is 0 Å². The molecule has 1 aliphatic carbocycles. The fourth-order valence-corrected chi connectivity index (χ4v) is 2.27. The lowest BCUT2D eigenvalue weighted by atomic mass is 10.1. The van der Waals surface area contributed by atoms with E-state index in [9.17, 15) is 13.2 Å². The normalized spacial score (nSPS) is 15.5. The summed E-state index contributed by atoms with van der Waals surface area (Å²) >= 11 is 0. The van der Waals surface area contributed by atoms with Gasteiger partial charge in [-0.15, -0.1) is 0 Å². The molecule has 1 aliphatic rings. The van der Waals surface area contributed by atoms with Crippen LogP contribution in [0.2, 0.25) is 0 Å². The molecule has 0 amide bonds. The Bertz CT molecular complexity index is 556. The van der Waals surface area contributed by atoms with E-state index in [0.29, 0.717) is 24.7 Å². The van der Waals surface area contributed by atoms with Gasteiger partial charge >= 0.3 is 6.18 Å². The van der Waals surface area contributed by atoms with E-state index in [1.54, 1.807) is 13.1 Å². The van der Waals surface area contributed by atoms with E-state index in [4.69, 9.17) is 4.74 Å². The molecular weight excluding hydrogens is 319 g/mol. The van der Waals surface area contributed by atoms with Crippen LogP contribution in [0.4, 0.5) is 13.2 Å². The minimum atomic E-state index is -4.33. The number of nitrogens with one attached hydrogen (secondary N) is 1. The number of halogens is 3. The van der Waals surface area contributed by atoms with Crippen molar-refractivity contribution in [3.8, 4) is 0 Å². The molecule has 7 heteroatoms. The lowest BCUT2D eigenvalue weighted by Crippen LogP contribution is -2.40. The Morgan fingerprint density at radius 2 is 2.12 bits per heavy atom. The van der Waals surface area contributed by atoms with Crippen LogP contribution in [-0.4, -0.2) is 44.7 Å². The first-order valence-corrected chi connectivity index (χ1v) is 8.06. The van der Waals surface area contributed by atoms with Crippen LogP contribution in [0.5, 0.6) is 0 Å². The minimum Gasteiger partial charge on any atom is -0.379 e. The molecule has 1 aromatic carbocycles. The topological polar surface area (TPSA) is 36.9 Å². The van der Waals surface area contributed by atoms with Crippen molar-refractivity contribution in [2.45, 2.75) is 25.6 Å². The van der Waals surface area contributed by atoms with Crippen molar-refractivity contribution in [3.63, 3.8) is 0 Å². The van der Waals surface area contributed by atoms with Crippen LogP contribution >= 0.6 is 0 Å². The molecule has 0 saturated heterocycles. The van der Waals surface area contributed by atoms with Gasteiger partial charge in [-0.2, -0.15) is 13.2 Å². The molecule has 0 heterocycles. The second-order valence-electron chi connectivity index (χ2n) is 6.04. The summed E-state index contributed by atoms with van der Waals surface area (Å²) in [6.45, 7) is 2.38. The fraction of sp³-hybridized carbons (Fsp3) is 0.588. The van der Waals surface area contributed by atoms with E-state index in [2.05, 4.69) is 10.3 Å². The van der Waals surface area contributed by atoms with Crippen molar-refractivity contribution in [2.75, 3.05) is 33.9 Å². The lowest BCUT2D eigenvalue weighted by Gasteiger charge is -2.22. The van der Waals surface area contributed by atoms with Gasteiger partial charge in [0.25, 0.3) is 0 Å². The van der Waals surface area contributed by atoms with Gasteiger partial charge in [-0.25, -0.2) is 0 Å². The number of aliphatic imine (C=N–C) groups is 1. The van der Waals surface area contributed by atoms with Gasteiger partial charge in [0.05, 0.1) is 12.2 Å². The predicted molar refractivity (Wildman–Crippen MR) is 87.8 cm³/mol. The number of hydrogen-bond donors (Lipinski definition) is 1. The molecule has 1 saturated carbocycles. The number of ether oxygens (including phenoxy) is 1. The van der Waals surface area contributed by atoms with Gasteiger partial charge in [0.1, 0.15) is 0 Å². The summed E-state index contributed by atoms with van der Waals surface area (Å²) in [5.41, 5.74) is -0.0806. The Kier molecular flexibility index (Phi) is 6.48. The molecule has 2 rings (SSSR count). The fourth-order valence-electron chi connectivity index (χ4n) is 2.27. The van der Waals surface area contributed by atoms with Crippen molar-refractivity contribution >= 4 is 5.96 Å². The van der Waals surface area contributed by atoms with Crippen LogP contribution in [0.1, 0.15) is 24.0 Å². The molecule has 0 aliphatic heterocycles. The quantitative estimate of drug-likeness (QED) is 0.469. The highest BCUT2D eigenvalue weighted by Crippen LogP contribution is 2.29. The smallest absolute Gasteiger partial charge is 0.379 e. The summed E-state index contributed by atoms with van der Waals surface area (Å²) in [6.07, 6.45) is -1.81. The molecule has 0 spiro atoms. The number of guanidine groups is 1. The SMILES string of the molecule is CN=C(NCc1cccc(C(F)(F)F)c1)N(C)CCOCC1CC1. The van der Waals surface area contributed by atoms with Gasteiger partial charge in [-0.3, -0.25) is 4.99 Å². The molecule has 0 aromatic heterocycles. The predicted octanol–water partition coefficient (Wildman–Crippen LogP) is 3.14. The number of likely N-dealkylation sites (N-methyl/N-ethyl adjacent to an activating group) is 1. The zero-order chi connectivity index (χ0) is 17.6. The molecule has 0 bridgehead atoms. The minimum absolute atomic E-state index is 0.282. The van der Waals surface area contributed by atoms with Crippen LogP contribution < -0.4 is 5.32 Å². The highest BCUT2D eigenvalue weighted by atomic mass is 19.4. The van der Waals surface area contributed by atoms with Crippen molar-refractivity contribution < 1.29 is 17.9 Å². The average Bonchev–Trinajstić information content (AvgIpc) is 3.36. The molecular formula is C17H24F3N3O. The first kappa shape index (κ1) is 18.6. The molecule has 1 N–H and O–H groups in total. The standard InChI is InChI=1S/C17H24F3N3O/c1-21-16(23(2)8-9-24-12-13-6-7-13)22-11-14-4-3-5-15(10-14)17(18,19)20/h3-5,10,13H,6-9,11-12H2,1-2H3,(H,21,22). The first-order chi connectivity index (χ1) is 11.4. The summed E-state index contributed by atoms with van der Waals surface area (Å²) < 4.78 is 43.8. The largest absolute Gasteiger partial charge is 0.416 e. The third-order valence-electron chi connectivity index (χ3n) is 3.90. The van der Waals surface area contributed by atoms with Crippen LogP contribution in [-0.2, 0) is 17.5 Å². The van der Waals surface area contributed by atoms with E-state index in [1.807, 2.05) is 11.9 Å². The summed E-state index contributed by atoms with van der Waals surface area (Å²) in [6, 6.07) is 5.30. The second kappa shape index (κ2) is 8.37. The maximum absolute atomic E-state index is 12.7. The van der Waals surface area contributed by atoms with Crippen molar-refractivity contribution in [1.82, 2.24) is 10.2 Å². The van der Waals surface area contributed by atoms with Crippen LogP contribution in [0, 0.1) is 5.92 Å². The molecule has 0 unspecified atom stereocenters. The van der Waals surface area contributed by atoms with E-state index in [1.165, 1.54) is 18.9 Å². The number of alkyl halides is 3. The number of hydrogen-bond acceptors (Lipinski definition) is 2. The zero-order valence-electron chi connectivity index (χ0n) is 14.1. The molecule has 1 aromatic rings. The van der Waals surface area contributed by atoms with Crippen LogP contribution in [0.25, 0.3) is 0 Å². The van der Waals surface area contributed by atoms with Gasteiger partial charge in [-0.1, -0.05) is 12.1 Å². The number of benzene rings is 1. The third-order valence-corrected chi connectivity index (χ3v) is 3.90. The maximum atomic E-state index is 12.7. The third kappa shape index (κ3) is 6.03. The van der Waals surface area contributed by atoms with Crippen molar-refractivity contribution in [3.05, 3.63) is 35.4 Å².